The fourth-order valence-corrected chi connectivity index (χ4v) is 6.41. The predicted octanol–water partition coefficient (Wildman–Crippen LogP) is 10.3. The number of hydrogen-bond acceptors (Lipinski definition) is 4. The van der Waals surface area contributed by atoms with Crippen molar-refractivity contribution >= 4 is 28.4 Å². The summed E-state index contributed by atoms with van der Waals surface area (Å²) in [5.41, 5.74) is 12.4. The zero-order valence-corrected chi connectivity index (χ0v) is 24.8. The molecular weight excluding hydrogens is 562 g/mol. The van der Waals surface area contributed by atoms with Gasteiger partial charge in [0.25, 0.3) is 0 Å². The molecule has 0 amide bonds. The van der Waals surface area contributed by atoms with Crippen LogP contribution in [0.3, 0.4) is 0 Å². The second-order valence-electron chi connectivity index (χ2n) is 11.3. The van der Waals surface area contributed by atoms with Crippen molar-refractivity contribution in [3.63, 3.8) is 0 Å². The average Bonchev–Trinajstić information content (AvgIpc) is 3.46. The predicted molar refractivity (Wildman–Crippen MR) is 187 cm³/mol. The van der Waals surface area contributed by atoms with Gasteiger partial charge in [0.1, 0.15) is 0 Å². The maximum Gasteiger partial charge on any atom is 0.220 e. The van der Waals surface area contributed by atoms with Crippen LogP contribution >= 0.6 is 0 Å². The Morgan fingerprint density at radius 1 is 0.413 bits per heavy atom. The zero-order chi connectivity index (χ0) is 30.5. The van der Waals surface area contributed by atoms with Crippen LogP contribution in [0.1, 0.15) is 0 Å². The molecule has 0 spiro atoms. The molecule has 6 aromatic carbocycles. The van der Waals surface area contributed by atoms with E-state index in [-0.39, 0.29) is 0 Å². The molecular formula is C41H27N5. The van der Waals surface area contributed by atoms with Gasteiger partial charge in [0.05, 0.1) is 33.8 Å². The zero-order valence-electron chi connectivity index (χ0n) is 24.8. The highest BCUT2D eigenvalue weighted by atomic mass is 15.3. The van der Waals surface area contributed by atoms with Gasteiger partial charge in [-0.15, -0.1) is 0 Å². The van der Waals surface area contributed by atoms with Crippen LogP contribution < -0.4 is 4.90 Å². The molecule has 5 nitrogen and oxygen atoms in total. The number of fused-ring (bicyclic) bond motifs is 7. The normalized spacial score (nSPS) is 11.9. The van der Waals surface area contributed by atoms with Gasteiger partial charge in [0, 0.05) is 33.5 Å². The number of benzene rings is 6. The minimum absolute atomic E-state index is 0.703. The first-order valence-electron chi connectivity index (χ1n) is 15.4. The molecule has 1 aliphatic heterocycles. The lowest BCUT2D eigenvalue weighted by molar-refractivity contribution is 1.05. The van der Waals surface area contributed by atoms with E-state index < -0.39 is 0 Å². The number of imidazole rings is 1. The Kier molecular flexibility index (Phi) is 6.06. The summed E-state index contributed by atoms with van der Waals surface area (Å²) < 4.78 is 2.28. The van der Waals surface area contributed by atoms with Crippen molar-refractivity contribution in [2.45, 2.75) is 0 Å². The van der Waals surface area contributed by atoms with E-state index in [9.17, 15) is 0 Å². The van der Waals surface area contributed by atoms with Crippen molar-refractivity contribution in [1.29, 1.82) is 0 Å². The highest BCUT2D eigenvalue weighted by molar-refractivity contribution is 5.96. The highest BCUT2D eigenvalue weighted by Crippen LogP contribution is 2.47. The number of anilines is 3. The molecule has 9 rings (SSSR count). The minimum Gasteiger partial charge on any atom is -0.280 e. The lowest BCUT2D eigenvalue weighted by Gasteiger charge is -2.24. The molecule has 0 radical (unpaired) electrons. The largest absolute Gasteiger partial charge is 0.280 e. The first-order chi connectivity index (χ1) is 22.8. The molecule has 5 heteroatoms. The van der Waals surface area contributed by atoms with Gasteiger partial charge in [-0.2, -0.15) is 0 Å². The number of aromatic nitrogens is 4. The summed E-state index contributed by atoms with van der Waals surface area (Å²) in [5.74, 6) is 1.56. The Bertz CT molecular complexity index is 2300. The molecule has 0 saturated heterocycles. The standard InChI is InChI=1S/C41H27N5/c1-3-13-28(14-4-1)35-27-36(43-40(42-35)30-15-5-2-6-16-30)29-23-25-31(26-24-29)45-37-20-10-7-17-32(37)33-18-8-11-21-38(33)46-39-22-12-9-19-34(39)44-41(45)46/h1-27H. The van der Waals surface area contributed by atoms with E-state index in [0.29, 0.717) is 5.82 Å². The molecule has 0 fully saturated rings. The van der Waals surface area contributed by atoms with Crippen LogP contribution in [0, 0.1) is 0 Å². The molecule has 46 heavy (non-hydrogen) atoms. The van der Waals surface area contributed by atoms with E-state index in [1.54, 1.807) is 0 Å². The summed E-state index contributed by atoms with van der Waals surface area (Å²) >= 11 is 0. The second-order valence-corrected chi connectivity index (χ2v) is 11.3. The summed E-state index contributed by atoms with van der Waals surface area (Å²) in [6.45, 7) is 0. The number of nitrogens with zero attached hydrogens (tertiary/aromatic N) is 5. The van der Waals surface area contributed by atoms with Gasteiger partial charge < -0.3 is 0 Å². The quantitative estimate of drug-likeness (QED) is 0.205. The Hall–Kier alpha value is -6.33. The van der Waals surface area contributed by atoms with Gasteiger partial charge in [0.15, 0.2) is 5.82 Å². The Labute approximate surface area is 266 Å². The summed E-state index contributed by atoms with van der Waals surface area (Å²) in [7, 11) is 0. The van der Waals surface area contributed by atoms with Crippen LogP contribution in [-0.4, -0.2) is 19.5 Å². The third kappa shape index (κ3) is 4.29. The lowest BCUT2D eigenvalue weighted by Crippen LogP contribution is -2.14. The van der Waals surface area contributed by atoms with Crippen LogP contribution in [0.4, 0.5) is 17.3 Å². The Balaban J connectivity index is 1.21. The topological polar surface area (TPSA) is 46.8 Å². The highest BCUT2D eigenvalue weighted by Gasteiger charge is 2.28. The van der Waals surface area contributed by atoms with Crippen LogP contribution in [0.25, 0.3) is 61.8 Å². The van der Waals surface area contributed by atoms with Gasteiger partial charge in [-0.3, -0.25) is 9.47 Å². The molecule has 1 aliphatic rings. The number of rotatable bonds is 4. The third-order valence-corrected chi connectivity index (χ3v) is 8.57. The molecule has 0 aliphatic carbocycles. The van der Waals surface area contributed by atoms with Gasteiger partial charge in [-0.25, -0.2) is 15.0 Å². The molecule has 2 aromatic heterocycles. The molecule has 216 valence electrons. The van der Waals surface area contributed by atoms with Crippen molar-refractivity contribution in [2.75, 3.05) is 4.90 Å². The Morgan fingerprint density at radius 3 is 1.67 bits per heavy atom. The monoisotopic (exact) mass is 589 g/mol. The summed E-state index contributed by atoms with van der Waals surface area (Å²) in [5, 5.41) is 0. The first-order valence-corrected chi connectivity index (χ1v) is 15.4. The maximum atomic E-state index is 5.21. The molecule has 0 atom stereocenters. The van der Waals surface area contributed by atoms with E-state index in [2.05, 4.69) is 131 Å². The van der Waals surface area contributed by atoms with Gasteiger partial charge in [-0.1, -0.05) is 121 Å². The van der Waals surface area contributed by atoms with Crippen molar-refractivity contribution in [2.24, 2.45) is 0 Å². The molecule has 0 saturated carbocycles. The van der Waals surface area contributed by atoms with E-state index in [0.717, 1.165) is 67.7 Å². The van der Waals surface area contributed by atoms with E-state index in [1.165, 1.54) is 5.56 Å². The molecule has 8 aromatic rings. The summed E-state index contributed by atoms with van der Waals surface area (Å²) in [6.07, 6.45) is 0. The fraction of sp³-hybridized carbons (Fsp3) is 0. The average molecular weight is 590 g/mol. The number of hydrogen-bond donors (Lipinski definition) is 0. The van der Waals surface area contributed by atoms with Crippen molar-refractivity contribution in [3.05, 3.63) is 164 Å². The maximum absolute atomic E-state index is 5.21. The van der Waals surface area contributed by atoms with Gasteiger partial charge in [-0.05, 0) is 42.5 Å². The lowest BCUT2D eigenvalue weighted by atomic mass is 10.0. The van der Waals surface area contributed by atoms with E-state index in [4.69, 9.17) is 15.0 Å². The second kappa shape index (κ2) is 10.7. The van der Waals surface area contributed by atoms with Crippen molar-refractivity contribution < 1.29 is 0 Å². The van der Waals surface area contributed by atoms with Crippen LogP contribution in [0.2, 0.25) is 0 Å². The van der Waals surface area contributed by atoms with Crippen molar-refractivity contribution in [3.8, 4) is 50.7 Å². The number of para-hydroxylation sites is 4. The summed E-state index contributed by atoms with van der Waals surface area (Å²) in [4.78, 5) is 17.5. The van der Waals surface area contributed by atoms with Crippen LogP contribution in [0.5, 0.6) is 0 Å². The molecule has 0 N–H and O–H groups in total. The molecule has 0 unspecified atom stereocenters. The van der Waals surface area contributed by atoms with E-state index in [1.807, 2.05) is 42.5 Å². The van der Waals surface area contributed by atoms with Crippen LogP contribution in [-0.2, 0) is 0 Å². The minimum atomic E-state index is 0.703. The Morgan fingerprint density at radius 2 is 0.957 bits per heavy atom. The summed E-state index contributed by atoms with van der Waals surface area (Å²) in [6, 6.07) is 56.6. The van der Waals surface area contributed by atoms with Crippen molar-refractivity contribution in [1.82, 2.24) is 19.5 Å². The molecule has 3 heterocycles. The SMILES string of the molecule is c1ccc(-c2cc(-c3ccc(N4c5ccccc5-c5ccccc5-n5c4nc4ccccc45)cc3)nc(-c3ccccc3)n2)cc1. The third-order valence-electron chi connectivity index (χ3n) is 8.57. The fourth-order valence-electron chi connectivity index (χ4n) is 6.41. The molecule has 0 bridgehead atoms. The van der Waals surface area contributed by atoms with E-state index >= 15 is 0 Å². The first kappa shape index (κ1) is 26.1. The van der Waals surface area contributed by atoms with Gasteiger partial charge in [0.2, 0.25) is 5.95 Å². The van der Waals surface area contributed by atoms with Gasteiger partial charge >= 0.3 is 0 Å². The van der Waals surface area contributed by atoms with Crippen LogP contribution in [0.15, 0.2) is 164 Å². The smallest absolute Gasteiger partial charge is 0.220 e.